The number of methoxy groups -OCH3 is 2. The fourth-order valence-electron chi connectivity index (χ4n) is 2.88. The second-order valence-electron chi connectivity index (χ2n) is 5.11. The Labute approximate surface area is 123 Å². The smallest absolute Gasteiger partial charge is 0.165 e. The Balaban J connectivity index is 2.47. The molecule has 1 aromatic rings. The zero-order valence-corrected chi connectivity index (χ0v) is 13.7. The molecular formula is C15H22BrNO2. The highest BCUT2D eigenvalue weighted by atomic mass is 79.9. The van der Waals surface area contributed by atoms with Gasteiger partial charge in [0, 0.05) is 21.6 Å². The summed E-state index contributed by atoms with van der Waals surface area (Å²) in [6.07, 6.45) is 3.48. The largest absolute Gasteiger partial charge is 0.493 e. The van der Waals surface area contributed by atoms with Crippen LogP contribution in [-0.4, -0.2) is 26.8 Å². The molecule has 0 radical (unpaired) electrons. The van der Waals surface area contributed by atoms with Gasteiger partial charge in [-0.3, -0.25) is 0 Å². The lowest BCUT2D eigenvalue weighted by atomic mass is 9.96. The predicted molar refractivity (Wildman–Crippen MR) is 81.4 cm³/mol. The maximum absolute atomic E-state index is 5.62. The minimum atomic E-state index is 0.548. The Hall–Kier alpha value is -0.740. The molecule has 1 saturated heterocycles. The topological polar surface area (TPSA) is 30.5 Å². The van der Waals surface area contributed by atoms with Gasteiger partial charge in [0.05, 0.1) is 14.2 Å². The summed E-state index contributed by atoms with van der Waals surface area (Å²) < 4.78 is 12.3. The molecule has 1 fully saturated rings. The molecule has 1 aliphatic rings. The third-order valence-electron chi connectivity index (χ3n) is 3.95. The number of halogens is 1. The van der Waals surface area contributed by atoms with Crippen molar-refractivity contribution >= 4 is 15.9 Å². The monoisotopic (exact) mass is 327 g/mol. The average Bonchev–Trinajstić information content (AvgIpc) is 2.92. The molecule has 1 aliphatic heterocycles. The number of hydrogen-bond donors (Lipinski definition) is 1. The van der Waals surface area contributed by atoms with Crippen molar-refractivity contribution in [2.75, 3.05) is 20.8 Å². The zero-order chi connectivity index (χ0) is 14.0. The van der Waals surface area contributed by atoms with E-state index in [0.717, 1.165) is 34.5 Å². The highest BCUT2D eigenvalue weighted by molar-refractivity contribution is 9.10. The maximum atomic E-state index is 5.62. The van der Waals surface area contributed by atoms with Crippen LogP contribution in [0.4, 0.5) is 0 Å². The molecule has 4 heteroatoms. The van der Waals surface area contributed by atoms with E-state index in [-0.39, 0.29) is 0 Å². The summed E-state index contributed by atoms with van der Waals surface area (Å²) in [7, 11) is 3.42. The van der Waals surface area contributed by atoms with Crippen LogP contribution in [0.25, 0.3) is 0 Å². The first-order valence-corrected chi connectivity index (χ1v) is 7.52. The molecule has 19 heavy (non-hydrogen) atoms. The minimum Gasteiger partial charge on any atom is -0.493 e. The zero-order valence-electron chi connectivity index (χ0n) is 12.1. The normalized spacial score (nSPS) is 18.7. The molecule has 0 amide bonds. The van der Waals surface area contributed by atoms with Gasteiger partial charge < -0.3 is 14.8 Å². The van der Waals surface area contributed by atoms with Gasteiger partial charge in [-0.15, -0.1) is 0 Å². The fraction of sp³-hybridized carbons (Fsp3) is 0.600. The molecular weight excluding hydrogens is 306 g/mol. The van der Waals surface area contributed by atoms with E-state index in [2.05, 4.69) is 35.1 Å². The van der Waals surface area contributed by atoms with Crippen molar-refractivity contribution in [2.24, 2.45) is 0 Å². The first-order chi connectivity index (χ1) is 9.10. The van der Waals surface area contributed by atoms with E-state index in [1.54, 1.807) is 14.2 Å². The molecule has 0 aromatic heterocycles. The van der Waals surface area contributed by atoms with Gasteiger partial charge in [0.25, 0.3) is 0 Å². The highest BCUT2D eigenvalue weighted by Crippen LogP contribution is 2.42. The number of ether oxygens (including phenoxy) is 2. The Kier molecular flexibility index (Phi) is 4.74. The van der Waals surface area contributed by atoms with Crippen LogP contribution in [0.2, 0.25) is 0 Å². The molecule has 0 aliphatic carbocycles. The number of rotatable bonds is 4. The quantitative estimate of drug-likeness (QED) is 0.919. The van der Waals surface area contributed by atoms with E-state index in [4.69, 9.17) is 9.47 Å². The number of hydrogen-bond acceptors (Lipinski definition) is 3. The molecule has 3 nitrogen and oxygen atoms in total. The summed E-state index contributed by atoms with van der Waals surface area (Å²) in [5.74, 6) is 1.72. The molecule has 0 saturated carbocycles. The molecule has 0 bridgehead atoms. The molecule has 1 heterocycles. The van der Waals surface area contributed by atoms with Crippen LogP contribution in [0.5, 0.6) is 11.5 Å². The lowest BCUT2D eigenvalue weighted by Crippen LogP contribution is -2.24. The first kappa shape index (κ1) is 14.7. The lowest BCUT2D eigenvalue weighted by Gasteiger charge is -2.21. The van der Waals surface area contributed by atoms with Crippen LogP contribution in [-0.2, 0) is 6.42 Å². The molecule has 1 atom stereocenters. The van der Waals surface area contributed by atoms with Crippen molar-refractivity contribution in [1.82, 2.24) is 5.32 Å². The van der Waals surface area contributed by atoms with E-state index in [0.29, 0.717) is 6.04 Å². The maximum Gasteiger partial charge on any atom is 0.165 e. The molecule has 1 aromatic carbocycles. The van der Waals surface area contributed by atoms with Crippen LogP contribution in [0.1, 0.15) is 29.5 Å². The first-order valence-electron chi connectivity index (χ1n) is 6.73. The van der Waals surface area contributed by atoms with Crippen molar-refractivity contribution < 1.29 is 9.47 Å². The van der Waals surface area contributed by atoms with Crippen molar-refractivity contribution in [3.05, 3.63) is 21.2 Å². The number of benzene rings is 1. The van der Waals surface area contributed by atoms with Crippen LogP contribution >= 0.6 is 15.9 Å². The summed E-state index contributed by atoms with van der Waals surface area (Å²) in [6.45, 7) is 5.32. The Morgan fingerprint density at radius 2 is 1.84 bits per heavy atom. The third kappa shape index (κ3) is 2.75. The van der Waals surface area contributed by atoms with Crippen LogP contribution in [0.15, 0.2) is 4.47 Å². The summed E-state index contributed by atoms with van der Waals surface area (Å²) in [6, 6.07) is 0.548. The highest BCUT2D eigenvalue weighted by Gasteiger charge is 2.23. The third-order valence-corrected chi connectivity index (χ3v) is 5.14. The van der Waals surface area contributed by atoms with E-state index in [1.807, 2.05) is 0 Å². The summed E-state index contributed by atoms with van der Waals surface area (Å²) in [4.78, 5) is 0. The molecule has 106 valence electrons. The Morgan fingerprint density at radius 1 is 1.16 bits per heavy atom. The van der Waals surface area contributed by atoms with Gasteiger partial charge in [-0.1, -0.05) is 15.9 Å². The van der Waals surface area contributed by atoms with E-state index >= 15 is 0 Å². The molecule has 0 spiro atoms. The van der Waals surface area contributed by atoms with E-state index < -0.39 is 0 Å². The van der Waals surface area contributed by atoms with Gasteiger partial charge in [-0.25, -0.2) is 0 Å². The van der Waals surface area contributed by atoms with Gasteiger partial charge in [0.2, 0.25) is 0 Å². The standard InChI is InChI=1S/C15H22BrNO2/c1-9-12(8-11-6-5-7-17-11)15(19-4)14(18-3)10(2)13(9)16/h11,17H,5-8H2,1-4H3. The fourth-order valence-corrected chi connectivity index (χ4v) is 3.30. The molecule has 1 unspecified atom stereocenters. The minimum absolute atomic E-state index is 0.548. The van der Waals surface area contributed by atoms with Gasteiger partial charge in [-0.2, -0.15) is 0 Å². The van der Waals surface area contributed by atoms with Gasteiger partial charge >= 0.3 is 0 Å². The SMILES string of the molecule is COc1c(C)c(Br)c(C)c(CC2CCCN2)c1OC. The number of nitrogens with one attached hydrogen (secondary N) is 1. The predicted octanol–water partition coefficient (Wildman–Crippen LogP) is 3.38. The van der Waals surface area contributed by atoms with Crippen molar-refractivity contribution in [2.45, 2.75) is 39.2 Å². The van der Waals surface area contributed by atoms with Crippen molar-refractivity contribution in [3.8, 4) is 11.5 Å². The van der Waals surface area contributed by atoms with Gasteiger partial charge in [0.15, 0.2) is 11.5 Å². The van der Waals surface area contributed by atoms with Crippen molar-refractivity contribution in [1.29, 1.82) is 0 Å². The average molecular weight is 328 g/mol. The van der Waals surface area contributed by atoms with E-state index in [1.165, 1.54) is 24.0 Å². The summed E-state index contributed by atoms with van der Waals surface area (Å²) in [5, 5.41) is 3.54. The van der Waals surface area contributed by atoms with E-state index in [9.17, 15) is 0 Å². The van der Waals surface area contributed by atoms with Crippen LogP contribution in [0.3, 0.4) is 0 Å². The molecule has 1 N–H and O–H groups in total. The van der Waals surface area contributed by atoms with Gasteiger partial charge in [0.1, 0.15) is 0 Å². The lowest BCUT2D eigenvalue weighted by molar-refractivity contribution is 0.347. The summed E-state index contributed by atoms with van der Waals surface area (Å²) in [5.41, 5.74) is 3.60. The Bertz CT molecular complexity index is 468. The van der Waals surface area contributed by atoms with Crippen LogP contribution < -0.4 is 14.8 Å². The van der Waals surface area contributed by atoms with Gasteiger partial charge in [-0.05, 0) is 45.2 Å². The summed E-state index contributed by atoms with van der Waals surface area (Å²) >= 11 is 3.68. The second kappa shape index (κ2) is 6.14. The second-order valence-corrected chi connectivity index (χ2v) is 5.90. The van der Waals surface area contributed by atoms with Crippen molar-refractivity contribution in [3.63, 3.8) is 0 Å². The Morgan fingerprint density at radius 3 is 2.37 bits per heavy atom. The molecule has 2 rings (SSSR count). The van der Waals surface area contributed by atoms with Crippen LogP contribution in [0, 0.1) is 13.8 Å².